The molecule has 0 saturated heterocycles. The molecule has 3 aromatic rings. The number of methoxy groups -OCH3 is 2. The average Bonchev–Trinajstić information content (AvgIpc) is 3.02. The summed E-state index contributed by atoms with van der Waals surface area (Å²) < 4.78 is 31.6. The van der Waals surface area contributed by atoms with Crippen LogP contribution >= 0.6 is 0 Å². The molecule has 0 bridgehead atoms. The van der Waals surface area contributed by atoms with Crippen LogP contribution in [0.15, 0.2) is 109 Å². The Morgan fingerprint density at radius 2 is 0.783 bits per heavy atom. The van der Waals surface area contributed by atoms with E-state index in [1.165, 1.54) is 40.2 Å². The molecule has 0 spiro atoms. The molecular formula is C36H34O10. The number of hydrogen-bond acceptors (Lipinski definition) is 10. The van der Waals surface area contributed by atoms with Gasteiger partial charge < -0.3 is 28.4 Å². The average molecular weight is 627 g/mol. The number of ether oxygens (including phenoxy) is 6. The molecule has 0 heterocycles. The van der Waals surface area contributed by atoms with Crippen molar-refractivity contribution in [2.45, 2.75) is 13.8 Å². The maximum Gasteiger partial charge on any atom is 0.341 e. The lowest BCUT2D eigenvalue weighted by atomic mass is 9.99. The summed E-state index contributed by atoms with van der Waals surface area (Å²) >= 11 is 0. The second-order valence-electron chi connectivity index (χ2n) is 10.1. The lowest BCUT2D eigenvalue weighted by molar-refractivity contribution is -0.133. The highest BCUT2D eigenvalue weighted by Crippen LogP contribution is 2.37. The van der Waals surface area contributed by atoms with Crippen LogP contribution in [0.25, 0.3) is 22.3 Å². The topological polar surface area (TPSA) is 124 Å². The summed E-state index contributed by atoms with van der Waals surface area (Å²) in [5, 5.41) is 0. The van der Waals surface area contributed by atoms with Crippen molar-refractivity contribution in [3.63, 3.8) is 0 Å². The van der Waals surface area contributed by atoms with E-state index in [-0.39, 0.29) is 58.5 Å². The molecule has 46 heavy (non-hydrogen) atoms. The van der Waals surface area contributed by atoms with Gasteiger partial charge in [-0.05, 0) is 60.4 Å². The first-order valence-corrected chi connectivity index (χ1v) is 13.8. The van der Waals surface area contributed by atoms with Crippen molar-refractivity contribution in [1.29, 1.82) is 0 Å². The maximum absolute atomic E-state index is 12.6. The van der Waals surface area contributed by atoms with Gasteiger partial charge in [0.05, 0.1) is 24.4 Å². The van der Waals surface area contributed by atoms with E-state index in [0.29, 0.717) is 11.1 Å². The highest BCUT2D eigenvalue weighted by Gasteiger charge is 2.19. The molecule has 0 saturated carbocycles. The van der Waals surface area contributed by atoms with Crippen LogP contribution < -0.4 is 18.9 Å². The van der Waals surface area contributed by atoms with Crippen LogP contribution in [-0.4, -0.2) is 51.3 Å². The van der Waals surface area contributed by atoms with Crippen molar-refractivity contribution < 1.29 is 47.6 Å². The third-order valence-corrected chi connectivity index (χ3v) is 6.16. The summed E-state index contributed by atoms with van der Waals surface area (Å²) in [5.41, 5.74) is 3.26. The molecule has 3 aromatic carbocycles. The molecular weight excluding hydrogens is 592 g/mol. The Labute approximate surface area is 267 Å². The van der Waals surface area contributed by atoms with Gasteiger partial charge >= 0.3 is 23.9 Å². The standard InChI is InChI=1S/C36H34O10/c1-21(2)33(37)43-29-15-13-27(17-31(29)45-35(39)23(5)19-41-7)25-9-11-26(12-10-25)28-14-16-30(44-34(38)22(3)4)32(18-28)46-36(40)24(6)20-42-8/h9-18H,1,3,5-6,19-20H2,2,4,7-8H3. The van der Waals surface area contributed by atoms with Gasteiger partial charge in [-0.25, -0.2) is 19.2 Å². The zero-order valence-electron chi connectivity index (χ0n) is 26.1. The molecule has 0 aromatic heterocycles. The molecule has 0 aliphatic heterocycles. The molecule has 10 nitrogen and oxygen atoms in total. The Bertz CT molecular complexity index is 1590. The van der Waals surface area contributed by atoms with Crippen LogP contribution in [0, 0.1) is 0 Å². The maximum atomic E-state index is 12.6. The van der Waals surface area contributed by atoms with Gasteiger partial charge in [-0.15, -0.1) is 0 Å². The van der Waals surface area contributed by atoms with Gasteiger partial charge in [0.1, 0.15) is 0 Å². The minimum Gasteiger partial charge on any atom is -0.419 e. The lowest BCUT2D eigenvalue weighted by Crippen LogP contribution is -2.16. The third kappa shape index (κ3) is 9.21. The predicted octanol–water partition coefficient (Wildman–Crippen LogP) is 6.20. The second kappa shape index (κ2) is 15.9. The molecule has 3 rings (SSSR count). The number of esters is 4. The van der Waals surface area contributed by atoms with E-state index < -0.39 is 23.9 Å². The van der Waals surface area contributed by atoms with E-state index in [1.54, 1.807) is 24.3 Å². The molecule has 0 aliphatic rings. The summed E-state index contributed by atoms with van der Waals surface area (Å²) in [5.74, 6) is -2.82. The van der Waals surface area contributed by atoms with E-state index in [9.17, 15) is 19.2 Å². The summed E-state index contributed by atoms with van der Waals surface area (Å²) in [6, 6.07) is 16.8. The van der Waals surface area contributed by atoms with Crippen LogP contribution in [-0.2, 0) is 28.7 Å². The monoisotopic (exact) mass is 626 g/mol. The Kier molecular flexibility index (Phi) is 12.1. The molecule has 0 aliphatic carbocycles. The molecule has 10 heteroatoms. The summed E-state index contributed by atoms with van der Waals surface area (Å²) in [4.78, 5) is 49.5. The first kappa shape index (κ1) is 34.9. The fraction of sp³-hybridized carbons (Fsp3) is 0.167. The van der Waals surface area contributed by atoms with E-state index in [4.69, 9.17) is 28.4 Å². The minimum atomic E-state index is -0.748. The van der Waals surface area contributed by atoms with Gasteiger partial charge in [0.2, 0.25) is 0 Å². The Morgan fingerprint density at radius 1 is 0.478 bits per heavy atom. The van der Waals surface area contributed by atoms with E-state index in [2.05, 4.69) is 26.3 Å². The van der Waals surface area contributed by atoms with Crippen molar-refractivity contribution >= 4 is 23.9 Å². The molecule has 0 atom stereocenters. The molecule has 0 amide bonds. The summed E-state index contributed by atoms with van der Waals surface area (Å²) in [7, 11) is 2.84. The first-order chi connectivity index (χ1) is 21.8. The molecule has 0 N–H and O–H groups in total. The molecule has 0 radical (unpaired) electrons. The summed E-state index contributed by atoms with van der Waals surface area (Å²) in [6.45, 7) is 17.4. The van der Waals surface area contributed by atoms with Crippen molar-refractivity contribution in [3.05, 3.63) is 109 Å². The SMILES string of the molecule is C=C(C)C(=O)Oc1ccc(-c2ccc(-c3ccc(OC(=O)C(=C)C)c(OC(=O)C(=C)COC)c3)cc2)cc1OC(=O)C(=C)COC. The zero-order chi connectivity index (χ0) is 34.0. The summed E-state index contributed by atoms with van der Waals surface area (Å²) in [6.07, 6.45) is 0. The van der Waals surface area contributed by atoms with E-state index in [0.717, 1.165) is 11.1 Å². The number of rotatable bonds is 14. The van der Waals surface area contributed by atoms with Gasteiger partial charge in [-0.3, -0.25) is 0 Å². The fourth-order valence-corrected chi connectivity index (χ4v) is 3.74. The predicted molar refractivity (Wildman–Crippen MR) is 172 cm³/mol. The number of carbonyl (C=O) groups excluding carboxylic acids is 4. The van der Waals surface area contributed by atoms with Gasteiger partial charge in [0.15, 0.2) is 23.0 Å². The van der Waals surface area contributed by atoms with Crippen LogP contribution in [0.2, 0.25) is 0 Å². The highest BCUT2D eigenvalue weighted by atomic mass is 16.6. The number of benzene rings is 3. The normalized spacial score (nSPS) is 10.3. The molecule has 0 unspecified atom stereocenters. The third-order valence-electron chi connectivity index (χ3n) is 6.16. The largest absolute Gasteiger partial charge is 0.419 e. The molecule has 238 valence electrons. The first-order valence-electron chi connectivity index (χ1n) is 13.8. The van der Waals surface area contributed by atoms with Crippen LogP contribution in [0.3, 0.4) is 0 Å². The van der Waals surface area contributed by atoms with Crippen molar-refractivity contribution in [1.82, 2.24) is 0 Å². The van der Waals surface area contributed by atoms with Gasteiger partial charge in [0.25, 0.3) is 0 Å². The zero-order valence-corrected chi connectivity index (χ0v) is 26.1. The Hall–Kier alpha value is -5.58. The number of carbonyl (C=O) groups is 4. The van der Waals surface area contributed by atoms with E-state index >= 15 is 0 Å². The van der Waals surface area contributed by atoms with Crippen molar-refractivity contribution in [3.8, 4) is 45.3 Å². The van der Waals surface area contributed by atoms with Gasteiger partial charge in [0, 0.05) is 25.4 Å². The Balaban J connectivity index is 1.96. The van der Waals surface area contributed by atoms with Crippen LogP contribution in [0.1, 0.15) is 13.8 Å². The minimum absolute atomic E-state index is 0.000143. The fourth-order valence-electron chi connectivity index (χ4n) is 3.74. The van der Waals surface area contributed by atoms with Gasteiger partial charge in [-0.1, -0.05) is 62.7 Å². The van der Waals surface area contributed by atoms with Crippen molar-refractivity contribution in [2.75, 3.05) is 27.4 Å². The quantitative estimate of drug-likeness (QED) is 0.116. The lowest BCUT2D eigenvalue weighted by Gasteiger charge is -2.14. The van der Waals surface area contributed by atoms with Crippen molar-refractivity contribution in [2.24, 2.45) is 0 Å². The molecule has 0 fully saturated rings. The number of hydrogen-bond donors (Lipinski definition) is 0. The van der Waals surface area contributed by atoms with E-state index in [1.807, 2.05) is 24.3 Å². The second-order valence-corrected chi connectivity index (χ2v) is 10.1. The Morgan fingerprint density at radius 3 is 1.09 bits per heavy atom. The van der Waals surface area contributed by atoms with Gasteiger partial charge in [-0.2, -0.15) is 0 Å². The smallest absolute Gasteiger partial charge is 0.341 e. The highest BCUT2D eigenvalue weighted by molar-refractivity contribution is 5.93. The van der Waals surface area contributed by atoms with Crippen LogP contribution in [0.4, 0.5) is 0 Å². The van der Waals surface area contributed by atoms with Crippen LogP contribution in [0.5, 0.6) is 23.0 Å².